The van der Waals surface area contributed by atoms with Gasteiger partial charge in [-0.15, -0.1) is 0 Å². The van der Waals surface area contributed by atoms with Gasteiger partial charge >= 0.3 is 0 Å². The fourth-order valence-electron chi connectivity index (χ4n) is 2.54. The SMILES string of the molecule is CC(c1ccncc1)N(C)C(=O)c1ccc(Oc2ccccc2)cc1. The van der Waals surface area contributed by atoms with Gasteiger partial charge in [-0.3, -0.25) is 9.78 Å². The third kappa shape index (κ3) is 4.04. The predicted molar refractivity (Wildman–Crippen MR) is 97.7 cm³/mol. The van der Waals surface area contributed by atoms with Gasteiger partial charge in [0, 0.05) is 25.0 Å². The van der Waals surface area contributed by atoms with E-state index in [2.05, 4.69) is 4.98 Å². The van der Waals surface area contributed by atoms with Crippen LogP contribution in [-0.4, -0.2) is 22.8 Å². The zero-order valence-corrected chi connectivity index (χ0v) is 14.3. The van der Waals surface area contributed by atoms with Crippen molar-refractivity contribution in [2.45, 2.75) is 13.0 Å². The average molecular weight is 332 g/mol. The summed E-state index contributed by atoms with van der Waals surface area (Å²) in [4.78, 5) is 18.4. The van der Waals surface area contributed by atoms with Gasteiger partial charge in [0.1, 0.15) is 11.5 Å². The molecule has 0 saturated heterocycles. The minimum absolute atomic E-state index is 0.0317. The summed E-state index contributed by atoms with van der Waals surface area (Å²) in [6.45, 7) is 2.00. The van der Waals surface area contributed by atoms with Gasteiger partial charge in [0.15, 0.2) is 0 Å². The van der Waals surface area contributed by atoms with E-state index < -0.39 is 0 Å². The van der Waals surface area contributed by atoms with Gasteiger partial charge in [0.25, 0.3) is 5.91 Å². The molecule has 126 valence electrons. The van der Waals surface area contributed by atoms with Crippen molar-refractivity contribution in [3.8, 4) is 11.5 Å². The van der Waals surface area contributed by atoms with Crippen LogP contribution >= 0.6 is 0 Å². The topological polar surface area (TPSA) is 42.4 Å². The Morgan fingerprint density at radius 1 is 0.920 bits per heavy atom. The molecule has 1 aromatic heterocycles. The van der Waals surface area contributed by atoms with E-state index >= 15 is 0 Å². The summed E-state index contributed by atoms with van der Waals surface area (Å²) in [6, 6.07) is 20.6. The average Bonchev–Trinajstić information content (AvgIpc) is 2.68. The van der Waals surface area contributed by atoms with Crippen LogP contribution in [0.5, 0.6) is 11.5 Å². The van der Waals surface area contributed by atoms with Crippen LogP contribution in [0.4, 0.5) is 0 Å². The van der Waals surface area contributed by atoms with Crippen LogP contribution in [0.3, 0.4) is 0 Å². The molecule has 0 radical (unpaired) electrons. The second-order valence-electron chi connectivity index (χ2n) is 5.81. The molecule has 1 unspecified atom stereocenters. The lowest BCUT2D eigenvalue weighted by Gasteiger charge is -2.25. The van der Waals surface area contributed by atoms with E-state index in [4.69, 9.17) is 4.74 Å². The number of carbonyl (C=O) groups is 1. The van der Waals surface area contributed by atoms with E-state index in [1.165, 1.54) is 0 Å². The Labute approximate surface area is 147 Å². The number of ether oxygens (including phenoxy) is 1. The Morgan fingerprint density at radius 2 is 1.52 bits per heavy atom. The molecule has 0 aliphatic carbocycles. The smallest absolute Gasteiger partial charge is 0.254 e. The first-order chi connectivity index (χ1) is 12.1. The van der Waals surface area contributed by atoms with Gasteiger partial charge in [-0.05, 0) is 61.0 Å². The lowest BCUT2D eigenvalue weighted by Crippen LogP contribution is -2.29. The van der Waals surface area contributed by atoms with Crippen LogP contribution in [0.1, 0.15) is 28.9 Å². The number of rotatable bonds is 5. The van der Waals surface area contributed by atoms with Crippen LogP contribution in [0, 0.1) is 0 Å². The Kier molecular flexibility index (Phi) is 5.09. The van der Waals surface area contributed by atoms with E-state index in [0.717, 1.165) is 11.3 Å². The fourth-order valence-corrected chi connectivity index (χ4v) is 2.54. The summed E-state index contributed by atoms with van der Waals surface area (Å²) in [5, 5.41) is 0. The van der Waals surface area contributed by atoms with Crippen molar-refractivity contribution >= 4 is 5.91 Å². The highest BCUT2D eigenvalue weighted by Crippen LogP contribution is 2.23. The van der Waals surface area contributed by atoms with Gasteiger partial charge in [-0.2, -0.15) is 0 Å². The number of para-hydroxylation sites is 1. The first-order valence-electron chi connectivity index (χ1n) is 8.15. The molecule has 3 rings (SSSR count). The second-order valence-corrected chi connectivity index (χ2v) is 5.81. The molecule has 0 spiro atoms. The Bertz CT molecular complexity index is 818. The van der Waals surface area contributed by atoms with Gasteiger partial charge in [-0.25, -0.2) is 0 Å². The molecular weight excluding hydrogens is 312 g/mol. The lowest BCUT2D eigenvalue weighted by atomic mass is 10.1. The number of aromatic nitrogens is 1. The van der Waals surface area contributed by atoms with Gasteiger partial charge in [0.05, 0.1) is 6.04 Å². The standard InChI is InChI=1S/C21H20N2O2/c1-16(17-12-14-22-15-13-17)23(2)21(24)18-8-10-20(11-9-18)25-19-6-4-3-5-7-19/h3-16H,1-2H3. The summed E-state index contributed by atoms with van der Waals surface area (Å²) >= 11 is 0. The van der Waals surface area contributed by atoms with Crippen molar-refractivity contribution in [2.75, 3.05) is 7.05 Å². The first-order valence-corrected chi connectivity index (χ1v) is 8.15. The van der Waals surface area contributed by atoms with Crippen LogP contribution < -0.4 is 4.74 Å². The molecule has 0 bridgehead atoms. The normalized spacial score (nSPS) is 11.6. The minimum Gasteiger partial charge on any atom is -0.457 e. The molecular formula is C21H20N2O2. The van der Waals surface area contributed by atoms with E-state index in [0.29, 0.717) is 11.3 Å². The Morgan fingerprint density at radius 3 is 2.16 bits per heavy atom. The maximum absolute atomic E-state index is 12.7. The summed E-state index contributed by atoms with van der Waals surface area (Å²) in [7, 11) is 1.81. The number of hydrogen-bond donors (Lipinski definition) is 0. The minimum atomic E-state index is -0.0319. The predicted octanol–water partition coefficient (Wildman–Crippen LogP) is 4.71. The number of benzene rings is 2. The molecule has 0 aliphatic heterocycles. The Hall–Kier alpha value is -3.14. The maximum atomic E-state index is 12.7. The molecule has 25 heavy (non-hydrogen) atoms. The van der Waals surface area contributed by atoms with Crippen molar-refractivity contribution in [2.24, 2.45) is 0 Å². The molecule has 3 aromatic rings. The van der Waals surface area contributed by atoms with Crippen molar-refractivity contribution in [1.29, 1.82) is 0 Å². The number of amides is 1. The third-order valence-corrected chi connectivity index (χ3v) is 4.17. The molecule has 0 saturated carbocycles. The monoisotopic (exact) mass is 332 g/mol. The number of carbonyl (C=O) groups excluding carboxylic acids is 1. The van der Waals surface area contributed by atoms with Crippen LogP contribution in [-0.2, 0) is 0 Å². The molecule has 1 amide bonds. The molecule has 0 fully saturated rings. The van der Waals surface area contributed by atoms with Crippen molar-refractivity contribution in [3.05, 3.63) is 90.3 Å². The fraction of sp³-hybridized carbons (Fsp3) is 0.143. The highest BCUT2D eigenvalue weighted by molar-refractivity contribution is 5.94. The molecule has 4 nitrogen and oxygen atoms in total. The number of hydrogen-bond acceptors (Lipinski definition) is 3. The quantitative estimate of drug-likeness (QED) is 0.680. The zero-order valence-electron chi connectivity index (χ0n) is 14.3. The summed E-state index contributed by atoms with van der Waals surface area (Å²) in [5.74, 6) is 1.44. The van der Waals surface area contributed by atoms with Crippen LogP contribution in [0.2, 0.25) is 0 Å². The summed E-state index contributed by atoms with van der Waals surface area (Å²) < 4.78 is 5.76. The highest BCUT2D eigenvalue weighted by Gasteiger charge is 2.18. The second kappa shape index (κ2) is 7.62. The third-order valence-electron chi connectivity index (χ3n) is 4.17. The van der Waals surface area contributed by atoms with E-state index in [1.807, 2.05) is 68.6 Å². The summed E-state index contributed by atoms with van der Waals surface area (Å²) in [5.41, 5.74) is 1.68. The van der Waals surface area contributed by atoms with Crippen LogP contribution in [0.25, 0.3) is 0 Å². The first kappa shape index (κ1) is 16.7. The summed E-state index contributed by atoms with van der Waals surface area (Å²) in [6.07, 6.45) is 3.47. The molecule has 1 heterocycles. The van der Waals surface area contributed by atoms with Gasteiger partial charge in [0.2, 0.25) is 0 Å². The van der Waals surface area contributed by atoms with Crippen LogP contribution in [0.15, 0.2) is 79.1 Å². The van der Waals surface area contributed by atoms with Crippen molar-refractivity contribution < 1.29 is 9.53 Å². The van der Waals surface area contributed by atoms with Crippen molar-refractivity contribution in [3.63, 3.8) is 0 Å². The maximum Gasteiger partial charge on any atom is 0.254 e. The number of nitrogens with zero attached hydrogens (tertiary/aromatic N) is 2. The largest absolute Gasteiger partial charge is 0.457 e. The molecule has 1 atom stereocenters. The Balaban J connectivity index is 1.70. The van der Waals surface area contributed by atoms with E-state index in [1.54, 1.807) is 29.4 Å². The van der Waals surface area contributed by atoms with E-state index in [9.17, 15) is 4.79 Å². The van der Waals surface area contributed by atoms with Gasteiger partial charge in [-0.1, -0.05) is 18.2 Å². The zero-order chi connectivity index (χ0) is 17.6. The molecule has 4 heteroatoms. The lowest BCUT2D eigenvalue weighted by molar-refractivity contribution is 0.0742. The van der Waals surface area contributed by atoms with E-state index in [-0.39, 0.29) is 11.9 Å². The number of pyridine rings is 1. The molecule has 0 N–H and O–H groups in total. The van der Waals surface area contributed by atoms with Crippen molar-refractivity contribution in [1.82, 2.24) is 9.88 Å². The molecule has 0 aliphatic rings. The highest BCUT2D eigenvalue weighted by atomic mass is 16.5. The molecule has 2 aromatic carbocycles. The van der Waals surface area contributed by atoms with Gasteiger partial charge < -0.3 is 9.64 Å².